The van der Waals surface area contributed by atoms with Gasteiger partial charge in [-0.25, -0.2) is 18.6 Å². The van der Waals surface area contributed by atoms with Crippen LogP contribution in [0.3, 0.4) is 0 Å². The van der Waals surface area contributed by atoms with E-state index in [1.807, 2.05) is 0 Å². The monoisotopic (exact) mass is 543 g/mol. The van der Waals surface area contributed by atoms with Crippen molar-refractivity contribution < 1.29 is 46.2 Å². The predicted octanol–water partition coefficient (Wildman–Crippen LogP) is 4.09. The fourth-order valence-corrected chi connectivity index (χ4v) is 2.91. The lowest BCUT2D eigenvalue weighted by Gasteiger charge is -2.26. The van der Waals surface area contributed by atoms with E-state index in [2.05, 4.69) is 15.6 Å². The predicted molar refractivity (Wildman–Crippen MR) is 128 cm³/mol. The normalized spacial score (nSPS) is 12.5. The highest BCUT2D eigenvalue weighted by molar-refractivity contribution is 5.93. The molecular formula is C25H29F4N3O6. The number of anilines is 1. The first kappa shape index (κ1) is 30.5. The van der Waals surface area contributed by atoms with Crippen LogP contribution in [0.4, 0.5) is 28.2 Å². The molecule has 2 aromatic rings. The van der Waals surface area contributed by atoms with Gasteiger partial charge in [0.05, 0.1) is 6.04 Å². The summed E-state index contributed by atoms with van der Waals surface area (Å²) in [4.78, 5) is 41.7. The maximum absolute atomic E-state index is 13.9. The van der Waals surface area contributed by atoms with Crippen LogP contribution in [0.15, 0.2) is 24.4 Å². The van der Waals surface area contributed by atoms with Crippen molar-refractivity contribution in [3.8, 4) is 5.75 Å². The third kappa shape index (κ3) is 8.40. The molecule has 0 fully saturated rings. The van der Waals surface area contributed by atoms with Crippen LogP contribution in [0.2, 0.25) is 0 Å². The summed E-state index contributed by atoms with van der Waals surface area (Å²) in [6.07, 6.45) is 0.382. The number of pyridine rings is 1. The molecule has 1 heterocycles. The Labute approximate surface area is 216 Å². The highest BCUT2D eigenvalue weighted by Crippen LogP contribution is 2.26. The standard InChI is InChI=1S/C25H29F4N3O6/c1-24(2,3)38-23(35)32-18-10-13(7-8-30-18)9-16(31-22(34)25(4,5)36-6)17(33)12-37-21-19(28)14(26)11-15(27)20(21)29/h7-8,10-11,16H,9,12H2,1-6H3,(H,31,34)(H,30,32,35). The van der Waals surface area contributed by atoms with Crippen molar-refractivity contribution in [3.63, 3.8) is 0 Å². The van der Waals surface area contributed by atoms with E-state index in [9.17, 15) is 31.9 Å². The molecule has 208 valence electrons. The van der Waals surface area contributed by atoms with Crippen molar-refractivity contribution in [2.45, 2.75) is 58.3 Å². The summed E-state index contributed by atoms with van der Waals surface area (Å²) in [5, 5.41) is 4.92. The number of hydrogen-bond donors (Lipinski definition) is 2. The van der Waals surface area contributed by atoms with E-state index in [4.69, 9.17) is 14.2 Å². The summed E-state index contributed by atoms with van der Waals surface area (Å²) in [6.45, 7) is 6.87. The number of nitrogens with zero attached hydrogens (tertiary/aromatic N) is 1. The van der Waals surface area contributed by atoms with Gasteiger partial charge in [-0.05, 0) is 52.3 Å². The zero-order valence-electron chi connectivity index (χ0n) is 21.7. The zero-order valence-corrected chi connectivity index (χ0v) is 21.7. The first-order chi connectivity index (χ1) is 17.5. The van der Waals surface area contributed by atoms with Crippen LogP contribution < -0.4 is 15.4 Å². The number of aromatic nitrogens is 1. The fraction of sp³-hybridized carbons (Fsp3) is 0.440. The summed E-state index contributed by atoms with van der Waals surface area (Å²) < 4.78 is 69.9. The molecular weight excluding hydrogens is 514 g/mol. The van der Waals surface area contributed by atoms with Crippen LogP contribution in [0.5, 0.6) is 5.75 Å². The average Bonchev–Trinajstić information content (AvgIpc) is 2.81. The smallest absolute Gasteiger partial charge is 0.413 e. The van der Waals surface area contributed by atoms with E-state index in [1.54, 1.807) is 20.8 Å². The molecule has 1 unspecified atom stereocenters. The van der Waals surface area contributed by atoms with Gasteiger partial charge in [0.15, 0.2) is 23.2 Å². The van der Waals surface area contributed by atoms with Gasteiger partial charge in [-0.2, -0.15) is 8.78 Å². The van der Waals surface area contributed by atoms with Crippen LogP contribution in [-0.2, 0) is 25.5 Å². The SMILES string of the molecule is COC(C)(C)C(=O)NC(Cc1ccnc(NC(=O)OC(C)(C)C)c1)C(=O)COc1c(F)c(F)cc(F)c1F. The molecule has 1 aromatic heterocycles. The number of ketones is 1. The van der Waals surface area contributed by atoms with Crippen molar-refractivity contribution in [3.05, 3.63) is 53.2 Å². The van der Waals surface area contributed by atoms with Gasteiger partial charge < -0.3 is 19.5 Å². The first-order valence-electron chi connectivity index (χ1n) is 11.3. The lowest BCUT2D eigenvalue weighted by atomic mass is 10.0. The number of halogens is 4. The van der Waals surface area contributed by atoms with Crippen LogP contribution in [0, 0.1) is 23.3 Å². The molecule has 0 aliphatic rings. The summed E-state index contributed by atoms with van der Waals surface area (Å²) in [6, 6.07) is 1.58. The number of benzene rings is 1. The quantitative estimate of drug-likeness (QED) is 0.343. The molecule has 9 nitrogen and oxygen atoms in total. The Bertz CT molecular complexity index is 1170. The molecule has 1 aromatic carbocycles. The summed E-state index contributed by atoms with van der Waals surface area (Å²) >= 11 is 0. The number of ether oxygens (including phenoxy) is 3. The molecule has 0 spiro atoms. The van der Waals surface area contributed by atoms with E-state index >= 15 is 0 Å². The molecule has 0 saturated carbocycles. The molecule has 0 saturated heterocycles. The molecule has 1 atom stereocenters. The summed E-state index contributed by atoms with van der Waals surface area (Å²) in [5.41, 5.74) is -1.71. The van der Waals surface area contributed by atoms with Crippen molar-refractivity contribution >= 4 is 23.6 Å². The van der Waals surface area contributed by atoms with Crippen LogP contribution in [0.1, 0.15) is 40.2 Å². The molecule has 0 aliphatic heterocycles. The third-order valence-electron chi connectivity index (χ3n) is 5.07. The minimum atomic E-state index is -1.82. The van der Waals surface area contributed by atoms with E-state index in [1.165, 1.54) is 39.3 Å². The molecule has 0 bridgehead atoms. The molecule has 13 heteroatoms. The molecule has 0 aliphatic carbocycles. The maximum Gasteiger partial charge on any atom is 0.413 e. The Hall–Kier alpha value is -3.74. The lowest BCUT2D eigenvalue weighted by Crippen LogP contribution is -2.52. The summed E-state index contributed by atoms with van der Waals surface area (Å²) in [5.74, 6) is -9.96. The molecule has 2 amide bonds. The van der Waals surface area contributed by atoms with E-state index in [-0.39, 0.29) is 18.3 Å². The Kier molecular flexibility index (Phi) is 9.79. The number of amides is 2. The van der Waals surface area contributed by atoms with E-state index in [0.29, 0.717) is 5.56 Å². The van der Waals surface area contributed by atoms with Crippen molar-refractivity contribution in [1.29, 1.82) is 0 Å². The summed E-state index contributed by atoms with van der Waals surface area (Å²) in [7, 11) is 1.28. The minimum Gasteiger partial charge on any atom is -0.479 e. The van der Waals surface area contributed by atoms with Crippen LogP contribution in [-0.4, -0.2) is 53.7 Å². The third-order valence-corrected chi connectivity index (χ3v) is 5.07. The van der Waals surface area contributed by atoms with Gasteiger partial charge >= 0.3 is 6.09 Å². The van der Waals surface area contributed by atoms with Gasteiger partial charge in [0.2, 0.25) is 11.6 Å². The second kappa shape index (κ2) is 12.2. The van der Waals surface area contributed by atoms with Gasteiger partial charge in [0, 0.05) is 25.8 Å². The van der Waals surface area contributed by atoms with Gasteiger partial charge in [-0.1, -0.05) is 0 Å². The molecule has 38 heavy (non-hydrogen) atoms. The number of Topliss-reactive ketones (excluding diaryl/α,β-unsaturated/α-hetero) is 1. The maximum atomic E-state index is 13.9. The topological polar surface area (TPSA) is 116 Å². The number of methoxy groups -OCH3 is 1. The lowest BCUT2D eigenvalue weighted by molar-refractivity contribution is -0.142. The van der Waals surface area contributed by atoms with Gasteiger partial charge in [-0.15, -0.1) is 0 Å². The Balaban J connectivity index is 2.27. The second-order valence-electron chi connectivity index (χ2n) is 9.67. The van der Waals surface area contributed by atoms with Crippen molar-refractivity contribution in [2.75, 3.05) is 19.0 Å². The largest absolute Gasteiger partial charge is 0.479 e. The van der Waals surface area contributed by atoms with Gasteiger partial charge in [0.1, 0.15) is 23.6 Å². The molecule has 2 rings (SSSR count). The van der Waals surface area contributed by atoms with Gasteiger partial charge in [-0.3, -0.25) is 14.9 Å². The Morgan fingerprint density at radius 2 is 1.61 bits per heavy atom. The highest BCUT2D eigenvalue weighted by Gasteiger charge is 2.32. The molecule has 0 radical (unpaired) electrons. The van der Waals surface area contributed by atoms with Gasteiger partial charge in [0.25, 0.3) is 5.91 Å². The molecule has 2 N–H and O–H groups in total. The van der Waals surface area contributed by atoms with Crippen molar-refractivity contribution in [2.24, 2.45) is 0 Å². The fourth-order valence-electron chi connectivity index (χ4n) is 2.91. The average molecular weight is 544 g/mol. The zero-order chi connectivity index (χ0) is 28.8. The van der Waals surface area contributed by atoms with Crippen LogP contribution in [0.25, 0.3) is 0 Å². The number of nitrogens with one attached hydrogen (secondary N) is 2. The minimum absolute atomic E-state index is 0.00153. The second-order valence-corrected chi connectivity index (χ2v) is 9.67. The van der Waals surface area contributed by atoms with Crippen LogP contribution >= 0.6 is 0 Å². The Morgan fingerprint density at radius 1 is 1.00 bits per heavy atom. The number of carbonyl (C=O) groups is 3. The van der Waals surface area contributed by atoms with E-state index < -0.39 is 70.7 Å². The number of carbonyl (C=O) groups excluding carboxylic acids is 3. The van der Waals surface area contributed by atoms with Crippen molar-refractivity contribution in [1.82, 2.24) is 10.3 Å². The number of rotatable bonds is 10. The Morgan fingerprint density at radius 3 is 2.16 bits per heavy atom. The number of hydrogen-bond acceptors (Lipinski definition) is 7. The highest BCUT2D eigenvalue weighted by atomic mass is 19.2. The first-order valence-corrected chi connectivity index (χ1v) is 11.3. The van der Waals surface area contributed by atoms with E-state index in [0.717, 1.165) is 0 Å².